The van der Waals surface area contributed by atoms with Crippen molar-refractivity contribution in [2.24, 2.45) is 0 Å². The first-order chi connectivity index (χ1) is 9.72. The van der Waals surface area contributed by atoms with Gasteiger partial charge in [0.1, 0.15) is 5.82 Å². The number of amides is 1. The van der Waals surface area contributed by atoms with Crippen molar-refractivity contribution in [1.29, 1.82) is 0 Å². The largest absolute Gasteiger partial charge is 0.369 e. The molecule has 0 aliphatic rings. The van der Waals surface area contributed by atoms with E-state index in [1.54, 1.807) is 43.7 Å². The molecule has 0 fully saturated rings. The number of rotatable bonds is 5. The molecule has 0 aromatic carbocycles. The van der Waals surface area contributed by atoms with Crippen molar-refractivity contribution in [3.8, 4) is 0 Å². The van der Waals surface area contributed by atoms with Crippen LogP contribution in [0.25, 0.3) is 0 Å². The van der Waals surface area contributed by atoms with Crippen LogP contribution >= 0.6 is 0 Å². The Kier molecular flexibility index (Phi) is 4.60. The topological polar surface area (TPSA) is 71.0 Å². The lowest BCUT2D eigenvalue weighted by molar-refractivity contribution is 0.0987. The van der Waals surface area contributed by atoms with Crippen LogP contribution in [0.5, 0.6) is 0 Å². The summed E-state index contributed by atoms with van der Waals surface area (Å²) in [4.78, 5) is 17.7. The lowest BCUT2D eigenvalue weighted by atomic mass is 10.3. The quantitative estimate of drug-likeness (QED) is 0.900. The molecule has 2 rings (SSSR count). The molecule has 6 heteroatoms. The van der Waals surface area contributed by atoms with Crippen molar-refractivity contribution in [3.63, 3.8) is 0 Å². The van der Waals surface area contributed by atoms with Crippen molar-refractivity contribution in [2.45, 2.75) is 13.3 Å². The Morgan fingerprint density at radius 1 is 1.20 bits per heavy atom. The Bertz CT molecular complexity index is 556. The number of nitrogens with zero attached hydrogens (tertiary/aromatic N) is 4. The minimum atomic E-state index is -0.203. The minimum Gasteiger partial charge on any atom is -0.369 e. The number of carbonyl (C=O) groups excluding carboxylic acids is 1. The normalized spacial score (nSPS) is 10.1. The first-order valence-electron chi connectivity index (χ1n) is 6.48. The van der Waals surface area contributed by atoms with E-state index >= 15 is 0 Å². The Hall–Kier alpha value is -2.50. The van der Waals surface area contributed by atoms with Gasteiger partial charge in [-0.15, -0.1) is 10.2 Å². The summed E-state index contributed by atoms with van der Waals surface area (Å²) in [5.74, 6) is 0.473. The first kappa shape index (κ1) is 13.9. The van der Waals surface area contributed by atoms with Crippen LogP contribution in [0.2, 0.25) is 0 Å². The van der Waals surface area contributed by atoms with Crippen LogP contribution in [0.15, 0.2) is 36.7 Å². The van der Waals surface area contributed by atoms with E-state index in [1.165, 1.54) is 4.90 Å². The summed E-state index contributed by atoms with van der Waals surface area (Å²) in [7, 11) is 1.70. The van der Waals surface area contributed by atoms with Crippen molar-refractivity contribution >= 4 is 17.4 Å². The predicted molar refractivity (Wildman–Crippen MR) is 77.8 cm³/mol. The summed E-state index contributed by atoms with van der Waals surface area (Å²) in [6.07, 6.45) is 4.29. The van der Waals surface area contributed by atoms with Crippen LogP contribution in [0, 0.1) is 0 Å². The van der Waals surface area contributed by atoms with Crippen molar-refractivity contribution < 1.29 is 4.79 Å². The summed E-state index contributed by atoms with van der Waals surface area (Å²) in [5.41, 5.74) is 1.08. The lowest BCUT2D eigenvalue weighted by Crippen LogP contribution is -2.27. The molecule has 2 aromatic rings. The first-order valence-corrected chi connectivity index (χ1v) is 6.48. The zero-order chi connectivity index (χ0) is 14.4. The molecule has 0 saturated heterocycles. The zero-order valence-electron chi connectivity index (χ0n) is 11.6. The summed E-state index contributed by atoms with van der Waals surface area (Å²) < 4.78 is 0. The maximum Gasteiger partial charge on any atom is 0.278 e. The third-order valence-electron chi connectivity index (χ3n) is 2.79. The average Bonchev–Trinajstić information content (AvgIpc) is 2.53. The number of hydrogen-bond donors (Lipinski definition) is 1. The van der Waals surface area contributed by atoms with Crippen molar-refractivity contribution in [2.75, 3.05) is 23.8 Å². The van der Waals surface area contributed by atoms with Gasteiger partial charge >= 0.3 is 0 Å². The zero-order valence-corrected chi connectivity index (χ0v) is 11.6. The molecule has 2 aromatic heterocycles. The van der Waals surface area contributed by atoms with E-state index in [2.05, 4.69) is 27.4 Å². The Morgan fingerprint density at radius 3 is 2.55 bits per heavy atom. The molecule has 0 radical (unpaired) electrons. The highest BCUT2D eigenvalue weighted by Gasteiger charge is 2.15. The van der Waals surface area contributed by atoms with Crippen molar-refractivity contribution in [3.05, 3.63) is 42.4 Å². The highest BCUT2D eigenvalue weighted by atomic mass is 16.2. The van der Waals surface area contributed by atoms with E-state index in [4.69, 9.17) is 0 Å². The van der Waals surface area contributed by atoms with Crippen LogP contribution in [0.3, 0.4) is 0 Å². The standard InChI is InChI=1S/C14H17N5O/c1-3-8-16-13-5-4-12(17-18-13)14(20)19(2)11-6-9-15-10-7-11/h4-7,9-10H,3,8H2,1-2H3,(H,16,18). The lowest BCUT2D eigenvalue weighted by Gasteiger charge is -2.16. The van der Waals surface area contributed by atoms with Gasteiger partial charge in [-0.05, 0) is 30.7 Å². The second-order valence-corrected chi connectivity index (χ2v) is 4.30. The van der Waals surface area contributed by atoms with Gasteiger partial charge < -0.3 is 10.2 Å². The van der Waals surface area contributed by atoms with Crippen LogP contribution in [0.1, 0.15) is 23.8 Å². The van der Waals surface area contributed by atoms with Gasteiger partial charge in [-0.3, -0.25) is 9.78 Å². The highest BCUT2D eigenvalue weighted by Crippen LogP contribution is 2.13. The summed E-state index contributed by atoms with van der Waals surface area (Å²) in [6.45, 7) is 2.90. The molecule has 1 amide bonds. The van der Waals surface area contributed by atoms with Crippen LogP contribution in [0.4, 0.5) is 11.5 Å². The smallest absolute Gasteiger partial charge is 0.278 e. The molecule has 0 spiro atoms. The molecule has 0 aliphatic carbocycles. The number of anilines is 2. The van der Waals surface area contributed by atoms with Gasteiger partial charge in [-0.1, -0.05) is 6.92 Å². The van der Waals surface area contributed by atoms with E-state index in [-0.39, 0.29) is 5.91 Å². The molecule has 0 atom stereocenters. The maximum atomic E-state index is 12.3. The number of nitrogens with one attached hydrogen (secondary N) is 1. The van der Waals surface area contributed by atoms with Crippen LogP contribution < -0.4 is 10.2 Å². The summed E-state index contributed by atoms with van der Waals surface area (Å²) in [5, 5.41) is 11.1. The van der Waals surface area contributed by atoms with Gasteiger partial charge in [-0.2, -0.15) is 0 Å². The fraction of sp³-hybridized carbons (Fsp3) is 0.286. The SMILES string of the molecule is CCCNc1ccc(C(=O)N(C)c2ccncc2)nn1. The van der Waals surface area contributed by atoms with Gasteiger partial charge in [0.25, 0.3) is 5.91 Å². The second kappa shape index (κ2) is 6.60. The summed E-state index contributed by atoms with van der Waals surface area (Å²) >= 11 is 0. The molecule has 20 heavy (non-hydrogen) atoms. The van der Waals surface area contributed by atoms with Crippen LogP contribution in [-0.4, -0.2) is 34.7 Å². The number of pyridine rings is 1. The third kappa shape index (κ3) is 3.28. The van der Waals surface area contributed by atoms with Gasteiger partial charge in [0.05, 0.1) is 0 Å². The molecule has 0 unspecified atom stereocenters. The average molecular weight is 271 g/mol. The molecular weight excluding hydrogens is 254 g/mol. The Balaban J connectivity index is 2.09. The fourth-order valence-electron chi connectivity index (χ4n) is 1.65. The van der Waals surface area contributed by atoms with Gasteiger partial charge in [0.15, 0.2) is 5.69 Å². The molecule has 1 N–H and O–H groups in total. The van der Waals surface area contributed by atoms with Gasteiger partial charge in [0.2, 0.25) is 0 Å². The number of carbonyl (C=O) groups is 1. The number of aromatic nitrogens is 3. The molecule has 0 bridgehead atoms. The van der Waals surface area contributed by atoms with Crippen LogP contribution in [-0.2, 0) is 0 Å². The van der Waals surface area contributed by atoms with E-state index in [1.807, 2.05) is 0 Å². The Morgan fingerprint density at radius 2 is 1.95 bits per heavy atom. The number of hydrogen-bond acceptors (Lipinski definition) is 5. The molecule has 0 saturated carbocycles. The fourth-order valence-corrected chi connectivity index (χ4v) is 1.65. The third-order valence-corrected chi connectivity index (χ3v) is 2.79. The van der Waals surface area contributed by atoms with Gasteiger partial charge in [-0.25, -0.2) is 0 Å². The summed E-state index contributed by atoms with van der Waals surface area (Å²) in [6, 6.07) is 6.96. The molecule has 6 nitrogen and oxygen atoms in total. The maximum absolute atomic E-state index is 12.3. The monoisotopic (exact) mass is 271 g/mol. The van der Waals surface area contributed by atoms with E-state index in [0.717, 1.165) is 18.7 Å². The molecule has 0 aliphatic heterocycles. The molecule has 104 valence electrons. The second-order valence-electron chi connectivity index (χ2n) is 4.30. The van der Waals surface area contributed by atoms with Gasteiger partial charge in [0, 0.05) is 31.7 Å². The van der Waals surface area contributed by atoms with E-state index in [9.17, 15) is 4.79 Å². The molecular formula is C14H17N5O. The van der Waals surface area contributed by atoms with E-state index in [0.29, 0.717) is 11.5 Å². The minimum absolute atomic E-state index is 0.203. The predicted octanol–water partition coefficient (Wildman–Crippen LogP) is 1.97. The molecule has 2 heterocycles. The Labute approximate surface area is 117 Å². The highest BCUT2D eigenvalue weighted by molar-refractivity contribution is 6.04. The van der Waals surface area contributed by atoms with Crippen molar-refractivity contribution in [1.82, 2.24) is 15.2 Å². The van der Waals surface area contributed by atoms with E-state index < -0.39 is 0 Å².